The number of carboxylic acids is 1. The normalized spacial score (nSPS) is 14.1. The largest absolute Gasteiger partial charge is 0.481 e. The van der Waals surface area contributed by atoms with Crippen molar-refractivity contribution in [2.75, 3.05) is 11.9 Å². The average Bonchev–Trinajstić information content (AvgIpc) is 3.38. The van der Waals surface area contributed by atoms with Crippen LogP contribution in [-0.4, -0.2) is 41.8 Å². The van der Waals surface area contributed by atoms with Gasteiger partial charge in [-0.2, -0.15) is 0 Å². The van der Waals surface area contributed by atoms with Crippen LogP contribution in [0.2, 0.25) is 0 Å². The SMILES string of the molecule is CCC1Oc2ccc(C(CC(=O)O)NC(=O)CNC(=O)c3cccc(NC(=O)NCc4ccccc4)c3)cc2O1. The van der Waals surface area contributed by atoms with Gasteiger partial charge in [-0.3, -0.25) is 14.4 Å². The Morgan fingerprint density at radius 1 is 0.900 bits per heavy atom. The van der Waals surface area contributed by atoms with Crippen LogP contribution in [0.15, 0.2) is 72.8 Å². The molecule has 0 bridgehead atoms. The van der Waals surface area contributed by atoms with Crippen molar-refractivity contribution in [3.63, 3.8) is 0 Å². The number of aliphatic carboxylic acids is 1. The number of anilines is 1. The van der Waals surface area contributed by atoms with Crippen molar-refractivity contribution >= 4 is 29.5 Å². The van der Waals surface area contributed by atoms with Gasteiger partial charge in [-0.25, -0.2) is 4.79 Å². The van der Waals surface area contributed by atoms with Gasteiger partial charge in [0.05, 0.1) is 19.0 Å². The lowest BCUT2D eigenvalue weighted by Gasteiger charge is -2.18. The third kappa shape index (κ3) is 7.73. The number of hydrogen-bond acceptors (Lipinski definition) is 6. The number of nitrogens with one attached hydrogen (secondary N) is 4. The summed E-state index contributed by atoms with van der Waals surface area (Å²) in [5, 5.41) is 20.0. The van der Waals surface area contributed by atoms with E-state index in [9.17, 15) is 24.3 Å². The summed E-state index contributed by atoms with van der Waals surface area (Å²) in [6, 6.07) is 19.4. The van der Waals surface area contributed by atoms with E-state index >= 15 is 0 Å². The van der Waals surface area contributed by atoms with Gasteiger partial charge in [0.15, 0.2) is 11.5 Å². The molecule has 1 heterocycles. The van der Waals surface area contributed by atoms with Crippen molar-refractivity contribution in [1.82, 2.24) is 16.0 Å². The number of amides is 4. The van der Waals surface area contributed by atoms with Crippen LogP contribution in [0.1, 0.15) is 47.3 Å². The van der Waals surface area contributed by atoms with E-state index in [1.54, 1.807) is 36.4 Å². The van der Waals surface area contributed by atoms with Crippen LogP contribution in [0.4, 0.5) is 10.5 Å². The summed E-state index contributed by atoms with van der Waals surface area (Å²) in [4.78, 5) is 49.0. The number of benzene rings is 3. The van der Waals surface area contributed by atoms with Crippen LogP contribution in [0.3, 0.4) is 0 Å². The van der Waals surface area contributed by atoms with Crippen LogP contribution < -0.4 is 30.7 Å². The van der Waals surface area contributed by atoms with E-state index in [0.717, 1.165) is 5.56 Å². The highest BCUT2D eigenvalue weighted by molar-refractivity contribution is 5.98. The van der Waals surface area contributed by atoms with E-state index in [-0.39, 0.29) is 18.5 Å². The average molecular weight is 547 g/mol. The molecule has 0 radical (unpaired) electrons. The molecule has 11 nitrogen and oxygen atoms in total. The van der Waals surface area contributed by atoms with Crippen LogP contribution in [0.25, 0.3) is 0 Å². The number of urea groups is 1. The summed E-state index contributed by atoms with van der Waals surface area (Å²) < 4.78 is 11.3. The van der Waals surface area contributed by atoms with E-state index in [2.05, 4.69) is 21.3 Å². The van der Waals surface area contributed by atoms with Gasteiger partial charge in [0.25, 0.3) is 5.91 Å². The zero-order valence-electron chi connectivity index (χ0n) is 21.8. The third-order valence-electron chi connectivity index (χ3n) is 6.02. The van der Waals surface area contributed by atoms with E-state index in [0.29, 0.717) is 35.7 Å². The molecule has 1 aliphatic rings. The predicted octanol–water partition coefficient (Wildman–Crippen LogP) is 3.58. The fourth-order valence-electron chi connectivity index (χ4n) is 4.03. The standard InChI is InChI=1S/C29H30N4O7/c1-2-27-39-23-12-11-19(14-24(23)40-27)22(15-26(35)36)33-25(34)17-30-28(37)20-9-6-10-21(13-20)32-29(38)31-16-18-7-4-3-5-8-18/h3-14,22,27H,2,15-17H2,1H3,(H,30,37)(H,33,34)(H,35,36)(H2,31,32,38). The highest BCUT2D eigenvalue weighted by Gasteiger charge is 2.26. The second kappa shape index (κ2) is 13.1. The minimum Gasteiger partial charge on any atom is -0.481 e. The van der Waals surface area contributed by atoms with Crippen LogP contribution >= 0.6 is 0 Å². The molecule has 0 saturated carbocycles. The first kappa shape index (κ1) is 28.0. The molecule has 40 heavy (non-hydrogen) atoms. The lowest BCUT2D eigenvalue weighted by Crippen LogP contribution is -2.39. The van der Waals surface area contributed by atoms with Crippen molar-refractivity contribution < 1.29 is 33.8 Å². The van der Waals surface area contributed by atoms with E-state index in [1.165, 1.54) is 6.07 Å². The minimum absolute atomic E-state index is 0.233. The number of carbonyl (C=O) groups excluding carboxylic acids is 3. The molecule has 0 spiro atoms. The zero-order chi connectivity index (χ0) is 28.5. The van der Waals surface area contributed by atoms with Crippen molar-refractivity contribution in [3.05, 3.63) is 89.5 Å². The number of fused-ring (bicyclic) bond motifs is 1. The van der Waals surface area contributed by atoms with Gasteiger partial charge < -0.3 is 35.8 Å². The van der Waals surface area contributed by atoms with E-state index in [1.807, 2.05) is 37.3 Å². The summed E-state index contributed by atoms with van der Waals surface area (Å²) in [7, 11) is 0. The predicted molar refractivity (Wildman–Crippen MR) is 146 cm³/mol. The molecule has 0 aliphatic carbocycles. The van der Waals surface area contributed by atoms with Crippen LogP contribution in [0, 0.1) is 0 Å². The topological polar surface area (TPSA) is 155 Å². The summed E-state index contributed by atoms with van der Waals surface area (Å²) in [5.74, 6) is -1.18. The first-order valence-corrected chi connectivity index (χ1v) is 12.8. The van der Waals surface area contributed by atoms with Gasteiger partial charge in [0, 0.05) is 24.2 Å². The maximum absolute atomic E-state index is 12.7. The van der Waals surface area contributed by atoms with Gasteiger partial charge >= 0.3 is 12.0 Å². The zero-order valence-corrected chi connectivity index (χ0v) is 21.8. The van der Waals surface area contributed by atoms with Crippen LogP contribution in [-0.2, 0) is 16.1 Å². The number of carbonyl (C=O) groups is 4. The third-order valence-corrected chi connectivity index (χ3v) is 6.02. The Hall–Kier alpha value is -5.06. The van der Waals surface area contributed by atoms with Gasteiger partial charge in [0.2, 0.25) is 12.2 Å². The van der Waals surface area contributed by atoms with E-state index in [4.69, 9.17) is 9.47 Å². The number of carboxylic acid groups (broad SMARTS) is 1. The molecule has 208 valence electrons. The molecular formula is C29H30N4O7. The Labute approximate surface area is 230 Å². The molecule has 1 aliphatic heterocycles. The molecule has 0 saturated heterocycles. The molecule has 4 amide bonds. The molecule has 2 unspecified atom stereocenters. The maximum Gasteiger partial charge on any atom is 0.319 e. The molecule has 0 aromatic heterocycles. The van der Waals surface area contributed by atoms with Gasteiger partial charge in [-0.15, -0.1) is 0 Å². The molecule has 0 fully saturated rings. The fraction of sp³-hybridized carbons (Fsp3) is 0.241. The molecular weight excluding hydrogens is 516 g/mol. The van der Waals surface area contributed by atoms with Crippen molar-refractivity contribution in [2.45, 2.75) is 38.6 Å². The first-order valence-electron chi connectivity index (χ1n) is 12.8. The quantitative estimate of drug-likeness (QED) is 0.246. The molecule has 3 aromatic rings. The van der Waals surface area contributed by atoms with Crippen molar-refractivity contribution in [1.29, 1.82) is 0 Å². The second-order valence-electron chi connectivity index (χ2n) is 9.05. The van der Waals surface area contributed by atoms with Gasteiger partial charge in [-0.05, 0) is 41.5 Å². The Morgan fingerprint density at radius 3 is 2.42 bits per heavy atom. The molecule has 5 N–H and O–H groups in total. The Morgan fingerprint density at radius 2 is 1.68 bits per heavy atom. The summed E-state index contributed by atoms with van der Waals surface area (Å²) in [5.41, 5.74) is 2.11. The second-order valence-corrected chi connectivity index (χ2v) is 9.05. The number of rotatable bonds is 11. The van der Waals surface area contributed by atoms with Gasteiger partial charge in [0.1, 0.15) is 0 Å². The van der Waals surface area contributed by atoms with Crippen molar-refractivity contribution in [3.8, 4) is 11.5 Å². The lowest BCUT2D eigenvalue weighted by atomic mass is 10.0. The Bertz CT molecular complexity index is 1380. The summed E-state index contributed by atoms with van der Waals surface area (Å²) >= 11 is 0. The molecule has 11 heteroatoms. The monoisotopic (exact) mass is 546 g/mol. The van der Waals surface area contributed by atoms with Gasteiger partial charge in [-0.1, -0.05) is 49.4 Å². The lowest BCUT2D eigenvalue weighted by molar-refractivity contribution is -0.137. The minimum atomic E-state index is -1.10. The Balaban J connectivity index is 1.30. The van der Waals surface area contributed by atoms with Crippen molar-refractivity contribution in [2.24, 2.45) is 0 Å². The fourth-order valence-corrected chi connectivity index (χ4v) is 4.03. The molecule has 3 aromatic carbocycles. The molecule has 2 atom stereocenters. The maximum atomic E-state index is 12.7. The first-order chi connectivity index (χ1) is 19.3. The highest BCUT2D eigenvalue weighted by atomic mass is 16.7. The number of hydrogen-bond donors (Lipinski definition) is 5. The number of ether oxygens (including phenoxy) is 2. The smallest absolute Gasteiger partial charge is 0.319 e. The summed E-state index contributed by atoms with van der Waals surface area (Å²) in [6.45, 7) is 1.87. The highest BCUT2D eigenvalue weighted by Crippen LogP contribution is 2.37. The van der Waals surface area contributed by atoms with E-state index < -0.39 is 36.1 Å². The molecule has 4 rings (SSSR count). The Kier molecular flexibility index (Phi) is 9.19. The summed E-state index contributed by atoms with van der Waals surface area (Å²) in [6.07, 6.45) is -0.138. The van der Waals surface area contributed by atoms with Crippen LogP contribution in [0.5, 0.6) is 11.5 Å².